The van der Waals surface area contributed by atoms with Gasteiger partial charge in [0, 0.05) is 48.9 Å². The normalized spacial score (nSPS) is 18.7. The number of nitrogens with zero attached hydrogens (tertiary/aromatic N) is 4. The van der Waals surface area contributed by atoms with Crippen LogP contribution in [-0.4, -0.2) is 46.3 Å². The highest BCUT2D eigenvalue weighted by Crippen LogP contribution is 2.36. The summed E-state index contributed by atoms with van der Waals surface area (Å²) >= 11 is 0. The molecule has 0 amide bonds. The molecule has 23 heavy (non-hydrogen) atoms. The number of nitrogens with one attached hydrogen (secondary N) is 3. The summed E-state index contributed by atoms with van der Waals surface area (Å²) in [5.74, 6) is 1.61. The van der Waals surface area contributed by atoms with Crippen LogP contribution in [0.5, 0.6) is 0 Å². The van der Waals surface area contributed by atoms with E-state index in [0.717, 1.165) is 54.5 Å². The fourth-order valence-corrected chi connectivity index (χ4v) is 3.35. The van der Waals surface area contributed by atoms with Crippen molar-refractivity contribution in [2.24, 2.45) is 5.41 Å². The molecule has 2 aliphatic heterocycles. The number of H-pyrrole nitrogens is 1. The molecule has 0 unspecified atom stereocenters. The second kappa shape index (κ2) is 4.66. The highest BCUT2D eigenvalue weighted by molar-refractivity contribution is 5.82. The lowest BCUT2D eigenvalue weighted by Gasteiger charge is -2.55. The number of rotatable bonds is 3. The molecule has 2 aliphatic rings. The van der Waals surface area contributed by atoms with Gasteiger partial charge in [-0.15, -0.1) is 0 Å². The molecule has 1 spiro atoms. The minimum Gasteiger partial charge on any atom is -0.340 e. The first-order valence-electron chi connectivity index (χ1n) is 7.79. The van der Waals surface area contributed by atoms with Gasteiger partial charge in [-0.1, -0.05) is 0 Å². The first-order valence-corrected chi connectivity index (χ1v) is 7.79. The Morgan fingerprint density at radius 3 is 2.91 bits per heavy atom. The number of aromatic amines is 1. The van der Waals surface area contributed by atoms with E-state index in [1.807, 2.05) is 30.6 Å². The molecule has 7 nitrogen and oxygen atoms in total. The molecule has 0 atom stereocenters. The third-order valence-corrected chi connectivity index (χ3v) is 4.69. The van der Waals surface area contributed by atoms with Crippen LogP contribution < -0.4 is 15.5 Å². The summed E-state index contributed by atoms with van der Waals surface area (Å²) in [6.07, 6.45) is 3.63. The van der Waals surface area contributed by atoms with Crippen LogP contribution in [0, 0.1) is 5.41 Å². The molecule has 0 aliphatic carbocycles. The molecule has 7 heteroatoms. The van der Waals surface area contributed by atoms with E-state index in [-0.39, 0.29) is 0 Å². The van der Waals surface area contributed by atoms with Crippen molar-refractivity contribution in [2.45, 2.75) is 0 Å². The monoisotopic (exact) mass is 307 g/mol. The number of anilines is 3. The second-order valence-electron chi connectivity index (χ2n) is 6.50. The summed E-state index contributed by atoms with van der Waals surface area (Å²) in [4.78, 5) is 11.3. The van der Waals surface area contributed by atoms with Crippen LogP contribution >= 0.6 is 0 Å². The molecule has 5 rings (SSSR count). The van der Waals surface area contributed by atoms with E-state index >= 15 is 0 Å². The lowest BCUT2D eigenvalue weighted by Crippen LogP contribution is -2.71. The topological polar surface area (TPSA) is 81.8 Å². The van der Waals surface area contributed by atoms with Crippen molar-refractivity contribution >= 4 is 28.4 Å². The third kappa shape index (κ3) is 2.12. The molecule has 0 saturated carbocycles. The first kappa shape index (κ1) is 12.8. The van der Waals surface area contributed by atoms with E-state index in [2.05, 4.69) is 41.8 Å². The SMILES string of the molecule is c1cc(Nc2ccc3[nH]ncc3c2)nc(N2CC3(CNC3)C2)n1. The fraction of sp³-hybridized carbons (Fsp3) is 0.312. The lowest BCUT2D eigenvalue weighted by molar-refractivity contribution is 0.119. The Labute approximate surface area is 133 Å². The molecule has 4 heterocycles. The smallest absolute Gasteiger partial charge is 0.227 e. The van der Waals surface area contributed by atoms with E-state index in [9.17, 15) is 0 Å². The van der Waals surface area contributed by atoms with E-state index in [1.54, 1.807) is 0 Å². The Bertz CT molecular complexity index is 860. The van der Waals surface area contributed by atoms with Crippen molar-refractivity contribution in [1.29, 1.82) is 0 Å². The van der Waals surface area contributed by atoms with E-state index < -0.39 is 0 Å². The van der Waals surface area contributed by atoms with Crippen molar-refractivity contribution in [1.82, 2.24) is 25.5 Å². The number of benzene rings is 1. The van der Waals surface area contributed by atoms with Gasteiger partial charge in [0.05, 0.1) is 11.7 Å². The highest BCUT2D eigenvalue weighted by atomic mass is 15.3. The van der Waals surface area contributed by atoms with Crippen LogP contribution in [-0.2, 0) is 0 Å². The van der Waals surface area contributed by atoms with Gasteiger partial charge in [-0.2, -0.15) is 10.1 Å². The highest BCUT2D eigenvalue weighted by Gasteiger charge is 2.48. The molecule has 2 fully saturated rings. The fourth-order valence-electron chi connectivity index (χ4n) is 3.35. The molecule has 1 aromatic carbocycles. The Morgan fingerprint density at radius 2 is 2.09 bits per heavy atom. The van der Waals surface area contributed by atoms with E-state index in [0.29, 0.717) is 5.41 Å². The van der Waals surface area contributed by atoms with Crippen LogP contribution in [0.2, 0.25) is 0 Å². The van der Waals surface area contributed by atoms with Gasteiger partial charge in [-0.25, -0.2) is 4.98 Å². The van der Waals surface area contributed by atoms with Gasteiger partial charge in [-0.3, -0.25) is 5.10 Å². The molecule has 2 saturated heterocycles. The van der Waals surface area contributed by atoms with Crippen molar-refractivity contribution < 1.29 is 0 Å². The average Bonchev–Trinajstić information content (AvgIpc) is 2.92. The van der Waals surface area contributed by atoms with Gasteiger partial charge in [0.25, 0.3) is 0 Å². The molecular formula is C16H17N7. The van der Waals surface area contributed by atoms with Gasteiger partial charge in [0.1, 0.15) is 5.82 Å². The van der Waals surface area contributed by atoms with Crippen LogP contribution in [0.25, 0.3) is 10.9 Å². The molecule has 2 aromatic heterocycles. The van der Waals surface area contributed by atoms with Crippen molar-refractivity contribution in [3.8, 4) is 0 Å². The Hall–Kier alpha value is -2.67. The summed E-state index contributed by atoms with van der Waals surface area (Å²) in [5, 5.41) is 14.8. The summed E-state index contributed by atoms with van der Waals surface area (Å²) in [6.45, 7) is 4.33. The summed E-state index contributed by atoms with van der Waals surface area (Å²) in [5.41, 5.74) is 2.49. The third-order valence-electron chi connectivity index (χ3n) is 4.69. The maximum absolute atomic E-state index is 4.64. The number of hydrogen-bond donors (Lipinski definition) is 3. The van der Waals surface area contributed by atoms with Crippen LogP contribution in [0.4, 0.5) is 17.5 Å². The standard InChI is InChI=1S/C16H17N7/c1-2-13-11(6-19-22-13)5-12(1)20-14-3-4-18-15(21-14)23-9-16(10-23)7-17-8-16/h1-6,17H,7-10H2,(H,19,22)(H,18,20,21). The lowest BCUT2D eigenvalue weighted by atomic mass is 9.75. The van der Waals surface area contributed by atoms with Crippen LogP contribution in [0.1, 0.15) is 0 Å². The minimum absolute atomic E-state index is 0.471. The zero-order valence-electron chi connectivity index (χ0n) is 12.6. The zero-order chi connectivity index (χ0) is 15.3. The van der Waals surface area contributed by atoms with Crippen molar-refractivity contribution in [3.63, 3.8) is 0 Å². The predicted molar refractivity (Wildman–Crippen MR) is 88.9 cm³/mol. The predicted octanol–water partition coefficient (Wildman–Crippen LogP) is 1.51. The molecular weight excluding hydrogens is 290 g/mol. The average molecular weight is 307 g/mol. The maximum Gasteiger partial charge on any atom is 0.227 e. The molecule has 0 bridgehead atoms. The van der Waals surface area contributed by atoms with Gasteiger partial charge in [0.2, 0.25) is 5.95 Å². The quantitative estimate of drug-likeness (QED) is 0.680. The molecule has 0 radical (unpaired) electrons. The van der Waals surface area contributed by atoms with Crippen molar-refractivity contribution in [2.75, 3.05) is 36.4 Å². The Morgan fingerprint density at radius 1 is 1.17 bits per heavy atom. The van der Waals surface area contributed by atoms with Crippen LogP contribution in [0.3, 0.4) is 0 Å². The molecule has 3 N–H and O–H groups in total. The summed E-state index contributed by atoms with van der Waals surface area (Å²) in [6, 6.07) is 7.97. The van der Waals surface area contributed by atoms with E-state index in [1.165, 1.54) is 0 Å². The van der Waals surface area contributed by atoms with Gasteiger partial charge >= 0.3 is 0 Å². The maximum atomic E-state index is 4.64. The van der Waals surface area contributed by atoms with Crippen molar-refractivity contribution in [3.05, 3.63) is 36.7 Å². The number of hydrogen-bond acceptors (Lipinski definition) is 6. The number of fused-ring (bicyclic) bond motifs is 1. The van der Waals surface area contributed by atoms with Gasteiger partial charge in [0.15, 0.2) is 0 Å². The van der Waals surface area contributed by atoms with E-state index in [4.69, 9.17) is 0 Å². The molecule has 3 aromatic rings. The first-order chi connectivity index (χ1) is 11.3. The minimum atomic E-state index is 0.471. The van der Waals surface area contributed by atoms with Gasteiger partial charge < -0.3 is 15.5 Å². The Kier molecular flexibility index (Phi) is 2.60. The number of aromatic nitrogens is 4. The summed E-state index contributed by atoms with van der Waals surface area (Å²) < 4.78 is 0. The van der Waals surface area contributed by atoms with Gasteiger partial charge in [-0.05, 0) is 24.3 Å². The van der Waals surface area contributed by atoms with Crippen LogP contribution in [0.15, 0.2) is 36.7 Å². The second-order valence-corrected chi connectivity index (χ2v) is 6.50. The zero-order valence-corrected chi connectivity index (χ0v) is 12.6. The summed E-state index contributed by atoms with van der Waals surface area (Å²) in [7, 11) is 0. The molecule has 116 valence electrons. The Balaban J connectivity index is 1.35. The largest absolute Gasteiger partial charge is 0.340 e.